The Morgan fingerprint density at radius 2 is 1.63 bits per heavy atom. The second kappa shape index (κ2) is 8.18. The average Bonchev–Trinajstić information content (AvgIpc) is 2.69. The molecular formula is C17H14FN5O6S. The molecule has 1 heterocycles. The number of aromatic nitrogens is 2. The number of H-pyrrole nitrogens is 2. The first-order valence-electron chi connectivity index (χ1n) is 8.19. The SMILES string of the molecule is O=C(NN(c1ccccc1F)N(c1c[nH]c(=O)[nH]c1=O)S(=O)(=O)O)c1ccccc1. The monoisotopic (exact) mass is 435 g/mol. The highest BCUT2D eigenvalue weighted by atomic mass is 32.2. The maximum Gasteiger partial charge on any atom is 0.379 e. The second-order valence-electron chi connectivity index (χ2n) is 5.75. The number of anilines is 2. The average molecular weight is 435 g/mol. The van der Waals surface area contributed by atoms with Gasteiger partial charge in [-0.15, -0.1) is 4.41 Å². The summed E-state index contributed by atoms with van der Waals surface area (Å²) < 4.78 is 48.5. The summed E-state index contributed by atoms with van der Waals surface area (Å²) in [5.41, 5.74) is -1.32. The van der Waals surface area contributed by atoms with E-state index in [9.17, 15) is 31.7 Å². The fourth-order valence-electron chi connectivity index (χ4n) is 2.46. The Kier molecular flexibility index (Phi) is 5.66. The predicted molar refractivity (Wildman–Crippen MR) is 104 cm³/mol. The van der Waals surface area contributed by atoms with Crippen molar-refractivity contribution in [3.63, 3.8) is 0 Å². The van der Waals surface area contributed by atoms with Crippen molar-refractivity contribution in [2.24, 2.45) is 0 Å². The van der Waals surface area contributed by atoms with Crippen molar-refractivity contribution >= 4 is 27.6 Å². The highest BCUT2D eigenvalue weighted by molar-refractivity contribution is 7.87. The van der Waals surface area contributed by atoms with Crippen molar-refractivity contribution in [2.75, 3.05) is 9.53 Å². The van der Waals surface area contributed by atoms with E-state index in [4.69, 9.17) is 0 Å². The lowest BCUT2D eigenvalue weighted by Gasteiger charge is -2.33. The van der Waals surface area contributed by atoms with E-state index in [0.29, 0.717) is 11.3 Å². The van der Waals surface area contributed by atoms with Gasteiger partial charge in [0.1, 0.15) is 5.69 Å². The Bertz CT molecular complexity index is 1290. The molecule has 3 aromatic rings. The van der Waals surface area contributed by atoms with Crippen LogP contribution in [0.1, 0.15) is 10.4 Å². The number of rotatable bonds is 6. The Morgan fingerprint density at radius 3 is 2.23 bits per heavy atom. The molecule has 0 atom stereocenters. The molecule has 2 aromatic carbocycles. The summed E-state index contributed by atoms with van der Waals surface area (Å²) in [5, 5.41) is 0.336. The molecule has 1 aromatic heterocycles. The lowest BCUT2D eigenvalue weighted by Crippen LogP contribution is -2.58. The molecule has 0 saturated heterocycles. The lowest BCUT2D eigenvalue weighted by molar-refractivity contribution is 0.0949. The van der Waals surface area contributed by atoms with Crippen LogP contribution in [0.4, 0.5) is 15.8 Å². The van der Waals surface area contributed by atoms with Crippen LogP contribution in [-0.2, 0) is 10.3 Å². The Morgan fingerprint density at radius 1 is 1.00 bits per heavy atom. The van der Waals surface area contributed by atoms with Crippen molar-refractivity contribution < 1.29 is 22.2 Å². The van der Waals surface area contributed by atoms with Crippen molar-refractivity contribution in [3.05, 3.63) is 93.0 Å². The normalized spacial score (nSPS) is 11.0. The van der Waals surface area contributed by atoms with Gasteiger partial charge in [-0.1, -0.05) is 30.3 Å². The smallest absolute Gasteiger partial charge is 0.312 e. The number of hydrogen-bond acceptors (Lipinski definition) is 6. The summed E-state index contributed by atoms with van der Waals surface area (Å²) in [7, 11) is -5.31. The number of amides is 1. The first-order chi connectivity index (χ1) is 14.2. The van der Waals surface area contributed by atoms with Gasteiger partial charge in [-0.2, -0.15) is 13.5 Å². The molecule has 0 aliphatic rings. The standard InChI is InChI=1S/C17H14FN5O6S/c18-12-8-4-5-9-13(12)22(21-15(24)11-6-2-1-3-7-11)23(30(27,28)29)14-10-19-17(26)20-16(14)25/h1-10H,(H,21,24)(H,27,28,29)(H2,19,20,25,26). The zero-order valence-electron chi connectivity index (χ0n) is 14.9. The van der Waals surface area contributed by atoms with E-state index in [1.165, 1.54) is 36.4 Å². The fraction of sp³-hybridized carbons (Fsp3) is 0. The van der Waals surface area contributed by atoms with Crippen LogP contribution < -0.4 is 26.2 Å². The number of carbonyl (C=O) groups is 1. The molecule has 0 saturated carbocycles. The molecule has 0 bridgehead atoms. The van der Waals surface area contributed by atoms with Gasteiger partial charge < -0.3 is 4.98 Å². The van der Waals surface area contributed by atoms with Crippen LogP contribution in [0.5, 0.6) is 0 Å². The van der Waals surface area contributed by atoms with Crippen LogP contribution in [0.15, 0.2) is 70.4 Å². The number of aromatic amines is 2. The van der Waals surface area contributed by atoms with E-state index in [1.807, 2.05) is 4.98 Å². The third kappa shape index (κ3) is 4.37. The highest BCUT2D eigenvalue weighted by Crippen LogP contribution is 2.23. The predicted octanol–water partition coefficient (Wildman–Crippen LogP) is 0.578. The van der Waals surface area contributed by atoms with Crippen molar-refractivity contribution in [1.82, 2.24) is 15.4 Å². The van der Waals surface area contributed by atoms with Gasteiger partial charge in [0.2, 0.25) is 0 Å². The van der Waals surface area contributed by atoms with Gasteiger partial charge in [0, 0.05) is 11.8 Å². The van der Waals surface area contributed by atoms with E-state index in [2.05, 4.69) is 5.43 Å². The van der Waals surface area contributed by atoms with E-state index >= 15 is 0 Å². The molecular weight excluding hydrogens is 421 g/mol. The van der Waals surface area contributed by atoms with Crippen LogP contribution in [-0.4, -0.2) is 28.8 Å². The number of nitrogens with zero attached hydrogens (tertiary/aromatic N) is 2. The van der Waals surface area contributed by atoms with Crippen LogP contribution in [0.3, 0.4) is 0 Å². The third-order valence-electron chi connectivity index (χ3n) is 3.73. The molecule has 3 rings (SSSR count). The number of nitrogens with one attached hydrogen (secondary N) is 3. The molecule has 11 nitrogen and oxygen atoms in total. The summed E-state index contributed by atoms with van der Waals surface area (Å²) >= 11 is 0. The van der Waals surface area contributed by atoms with E-state index < -0.39 is 44.7 Å². The molecule has 30 heavy (non-hydrogen) atoms. The quantitative estimate of drug-likeness (QED) is 0.326. The first kappa shape index (κ1) is 20.8. The van der Waals surface area contributed by atoms with Crippen LogP contribution in [0.25, 0.3) is 0 Å². The summed E-state index contributed by atoms with van der Waals surface area (Å²) in [5.74, 6) is -1.87. The zero-order chi connectivity index (χ0) is 21.9. The summed E-state index contributed by atoms with van der Waals surface area (Å²) in [6.45, 7) is 0. The minimum absolute atomic E-state index is 0.0684. The van der Waals surface area contributed by atoms with Gasteiger partial charge in [0.15, 0.2) is 11.5 Å². The van der Waals surface area contributed by atoms with Crippen molar-refractivity contribution in [3.8, 4) is 0 Å². The zero-order valence-corrected chi connectivity index (χ0v) is 15.8. The van der Waals surface area contributed by atoms with Crippen molar-refractivity contribution in [2.45, 2.75) is 0 Å². The van der Waals surface area contributed by atoms with E-state index in [-0.39, 0.29) is 9.98 Å². The Labute approximate surface area is 168 Å². The number of benzene rings is 2. The number of halogens is 1. The number of carbonyl (C=O) groups excluding carboxylic acids is 1. The highest BCUT2D eigenvalue weighted by Gasteiger charge is 2.33. The summed E-state index contributed by atoms with van der Waals surface area (Å²) in [4.78, 5) is 39.9. The molecule has 0 spiro atoms. The van der Waals surface area contributed by atoms with Gasteiger partial charge in [-0.3, -0.25) is 19.1 Å². The molecule has 1 amide bonds. The Hall–Kier alpha value is -3.97. The number of hydrazine groups is 2. The van der Waals surface area contributed by atoms with Crippen LogP contribution in [0.2, 0.25) is 0 Å². The first-order valence-corrected chi connectivity index (χ1v) is 9.58. The maximum atomic E-state index is 14.5. The minimum atomic E-state index is -5.31. The van der Waals surface area contributed by atoms with Crippen molar-refractivity contribution in [1.29, 1.82) is 0 Å². The van der Waals surface area contributed by atoms with Crippen LogP contribution >= 0.6 is 0 Å². The second-order valence-corrected chi connectivity index (χ2v) is 6.99. The summed E-state index contributed by atoms with van der Waals surface area (Å²) in [6, 6.07) is 12.2. The van der Waals surface area contributed by atoms with Gasteiger partial charge in [0.05, 0.1) is 0 Å². The Balaban J connectivity index is 2.20. The molecule has 156 valence electrons. The largest absolute Gasteiger partial charge is 0.379 e. The molecule has 4 N–H and O–H groups in total. The molecule has 0 unspecified atom stereocenters. The molecule has 0 aliphatic carbocycles. The molecule has 0 fully saturated rings. The van der Waals surface area contributed by atoms with E-state index in [0.717, 1.165) is 12.1 Å². The number of para-hydroxylation sites is 1. The minimum Gasteiger partial charge on any atom is -0.312 e. The van der Waals surface area contributed by atoms with Gasteiger partial charge in [-0.25, -0.2) is 14.6 Å². The molecule has 0 radical (unpaired) electrons. The van der Waals surface area contributed by atoms with E-state index in [1.54, 1.807) is 11.1 Å². The third-order valence-corrected chi connectivity index (χ3v) is 4.53. The number of hydrogen-bond donors (Lipinski definition) is 4. The molecule has 0 aliphatic heterocycles. The summed E-state index contributed by atoms with van der Waals surface area (Å²) in [6.07, 6.45) is 0.678. The fourth-order valence-corrected chi connectivity index (χ4v) is 3.18. The molecule has 13 heteroatoms. The van der Waals surface area contributed by atoms with Gasteiger partial charge in [-0.05, 0) is 24.3 Å². The maximum absolute atomic E-state index is 14.5. The van der Waals surface area contributed by atoms with Gasteiger partial charge in [0.25, 0.3) is 11.5 Å². The lowest BCUT2D eigenvalue weighted by atomic mass is 10.2. The van der Waals surface area contributed by atoms with Crippen LogP contribution in [0, 0.1) is 5.82 Å². The topological polar surface area (TPSA) is 156 Å². The van der Waals surface area contributed by atoms with Gasteiger partial charge >= 0.3 is 16.0 Å².